The third kappa shape index (κ3) is 5.98. The SMILES string of the molecule is CC(C)CCOC(C=O)(OCC(C)(C)C)c1ccccc1. The summed E-state index contributed by atoms with van der Waals surface area (Å²) in [5, 5.41) is 0. The summed E-state index contributed by atoms with van der Waals surface area (Å²) in [7, 11) is 0. The Morgan fingerprint density at radius 3 is 2.19 bits per heavy atom. The lowest BCUT2D eigenvalue weighted by atomic mass is 9.98. The zero-order valence-corrected chi connectivity index (χ0v) is 13.9. The van der Waals surface area contributed by atoms with Gasteiger partial charge in [0.1, 0.15) is 0 Å². The fraction of sp³-hybridized carbons (Fsp3) is 0.611. The van der Waals surface area contributed by atoms with Crippen molar-refractivity contribution in [2.45, 2.75) is 46.8 Å². The second-order valence-corrected chi connectivity index (χ2v) is 7.03. The number of hydrogen-bond acceptors (Lipinski definition) is 3. The van der Waals surface area contributed by atoms with Gasteiger partial charge in [-0.15, -0.1) is 0 Å². The molecule has 0 aliphatic rings. The molecule has 3 heteroatoms. The molecule has 0 heterocycles. The van der Waals surface area contributed by atoms with Crippen molar-refractivity contribution in [3.63, 3.8) is 0 Å². The van der Waals surface area contributed by atoms with Crippen LogP contribution in [0.25, 0.3) is 0 Å². The van der Waals surface area contributed by atoms with Gasteiger partial charge in [0.2, 0.25) is 0 Å². The number of carbonyl (C=O) groups is 1. The van der Waals surface area contributed by atoms with Crippen LogP contribution in [0.5, 0.6) is 0 Å². The molecule has 0 radical (unpaired) electrons. The summed E-state index contributed by atoms with van der Waals surface area (Å²) >= 11 is 0. The summed E-state index contributed by atoms with van der Waals surface area (Å²) in [6, 6.07) is 9.43. The fourth-order valence-corrected chi connectivity index (χ4v) is 1.78. The molecule has 1 atom stereocenters. The van der Waals surface area contributed by atoms with E-state index in [1.54, 1.807) is 0 Å². The molecule has 0 aliphatic carbocycles. The zero-order chi connectivity index (χ0) is 15.9. The van der Waals surface area contributed by atoms with E-state index in [1.165, 1.54) is 0 Å². The Bertz CT molecular complexity index is 420. The highest BCUT2D eigenvalue weighted by Gasteiger charge is 2.35. The van der Waals surface area contributed by atoms with E-state index < -0.39 is 5.79 Å². The molecule has 1 unspecified atom stereocenters. The van der Waals surface area contributed by atoms with Crippen molar-refractivity contribution in [3.05, 3.63) is 35.9 Å². The van der Waals surface area contributed by atoms with Gasteiger partial charge >= 0.3 is 0 Å². The third-order valence-electron chi connectivity index (χ3n) is 3.06. The van der Waals surface area contributed by atoms with Crippen molar-refractivity contribution >= 4 is 6.29 Å². The van der Waals surface area contributed by atoms with Crippen LogP contribution in [-0.4, -0.2) is 19.5 Å². The second kappa shape index (κ2) is 7.71. The maximum Gasteiger partial charge on any atom is 0.253 e. The van der Waals surface area contributed by atoms with Crippen molar-refractivity contribution in [3.8, 4) is 0 Å². The van der Waals surface area contributed by atoms with Crippen LogP contribution in [0.1, 0.15) is 46.6 Å². The Hall–Kier alpha value is -1.19. The van der Waals surface area contributed by atoms with E-state index >= 15 is 0 Å². The molecule has 21 heavy (non-hydrogen) atoms. The van der Waals surface area contributed by atoms with E-state index in [4.69, 9.17) is 9.47 Å². The molecule has 1 aromatic carbocycles. The molecule has 1 aromatic rings. The van der Waals surface area contributed by atoms with Gasteiger partial charge in [0, 0.05) is 5.56 Å². The van der Waals surface area contributed by atoms with Gasteiger partial charge in [-0.1, -0.05) is 65.0 Å². The quantitative estimate of drug-likeness (QED) is 0.533. The van der Waals surface area contributed by atoms with Gasteiger partial charge in [0.25, 0.3) is 5.79 Å². The van der Waals surface area contributed by atoms with Crippen molar-refractivity contribution in [1.29, 1.82) is 0 Å². The Balaban J connectivity index is 2.92. The first-order valence-corrected chi connectivity index (χ1v) is 7.59. The largest absolute Gasteiger partial charge is 0.340 e. The topological polar surface area (TPSA) is 35.5 Å². The highest BCUT2D eigenvalue weighted by atomic mass is 16.7. The standard InChI is InChI=1S/C18H28O3/c1-15(2)11-12-20-18(13-19,21-14-17(3,4)5)16-9-7-6-8-10-16/h6-10,13,15H,11-12,14H2,1-5H3. The number of rotatable bonds is 8. The molecule has 0 aromatic heterocycles. The van der Waals surface area contributed by atoms with Crippen LogP contribution in [0.4, 0.5) is 0 Å². The smallest absolute Gasteiger partial charge is 0.253 e. The number of benzene rings is 1. The lowest BCUT2D eigenvalue weighted by molar-refractivity contribution is -0.235. The summed E-state index contributed by atoms with van der Waals surface area (Å²) in [6.45, 7) is 11.4. The number of ether oxygens (including phenoxy) is 2. The highest BCUT2D eigenvalue weighted by molar-refractivity contribution is 5.63. The van der Waals surface area contributed by atoms with E-state index in [0.29, 0.717) is 19.1 Å². The first-order valence-electron chi connectivity index (χ1n) is 7.59. The summed E-state index contributed by atoms with van der Waals surface area (Å²) in [5.41, 5.74) is 0.706. The first-order chi connectivity index (χ1) is 9.79. The molecule has 0 saturated carbocycles. The van der Waals surface area contributed by atoms with Crippen LogP contribution >= 0.6 is 0 Å². The summed E-state index contributed by atoms with van der Waals surface area (Å²) in [5.74, 6) is -0.781. The normalized spacial score (nSPS) is 15.0. The molecule has 0 aliphatic heterocycles. The number of aldehydes is 1. The second-order valence-electron chi connectivity index (χ2n) is 7.03. The molecule has 1 rings (SSSR count). The van der Waals surface area contributed by atoms with Crippen LogP contribution in [0.3, 0.4) is 0 Å². The molecule has 3 nitrogen and oxygen atoms in total. The van der Waals surface area contributed by atoms with Crippen LogP contribution in [0, 0.1) is 11.3 Å². The molecular weight excluding hydrogens is 264 g/mol. The maximum absolute atomic E-state index is 11.8. The van der Waals surface area contributed by atoms with Crippen molar-refractivity contribution in [2.75, 3.05) is 13.2 Å². The maximum atomic E-state index is 11.8. The van der Waals surface area contributed by atoms with Crippen molar-refractivity contribution < 1.29 is 14.3 Å². The predicted octanol–water partition coefficient (Wildman–Crippen LogP) is 4.16. The molecule has 0 saturated heterocycles. The Kier molecular flexibility index (Phi) is 6.56. The average molecular weight is 292 g/mol. The van der Waals surface area contributed by atoms with Gasteiger partial charge in [0.05, 0.1) is 13.2 Å². The van der Waals surface area contributed by atoms with Gasteiger partial charge in [-0.3, -0.25) is 4.79 Å². The monoisotopic (exact) mass is 292 g/mol. The molecule has 0 fully saturated rings. The number of carbonyl (C=O) groups excluding carboxylic acids is 1. The van der Waals surface area contributed by atoms with E-state index in [0.717, 1.165) is 18.3 Å². The molecular formula is C18H28O3. The average Bonchev–Trinajstić information content (AvgIpc) is 2.42. The lowest BCUT2D eigenvalue weighted by Crippen LogP contribution is -2.38. The van der Waals surface area contributed by atoms with Crippen molar-refractivity contribution in [2.24, 2.45) is 11.3 Å². The Morgan fingerprint density at radius 1 is 1.10 bits per heavy atom. The summed E-state index contributed by atoms with van der Waals surface area (Å²) in [6.07, 6.45) is 1.66. The predicted molar refractivity (Wildman–Crippen MR) is 85.0 cm³/mol. The van der Waals surface area contributed by atoms with Crippen LogP contribution in [0.15, 0.2) is 30.3 Å². The van der Waals surface area contributed by atoms with E-state index in [2.05, 4.69) is 34.6 Å². The minimum Gasteiger partial charge on any atom is -0.340 e. The van der Waals surface area contributed by atoms with E-state index in [1.807, 2.05) is 30.3 Å². The minimum absolute atomic E-state index is 0.0373. The van der Waals surface area contributed by atoms with Crippen LogP contribution in [0.2, 0.25) is 0 Å². The summed E-state index contributed by atoms with van der Waals surface area (Å²) < 4.78 is 11.8. The Labute approximate surface area is 128 Å². The van der Waals surface area contributed by atoms with Crippen molar-refractivity contribution in [1.82, 2.24) is 0 Å². The van der Waals surface area contributed by atoms with Gasteiger partial charge < -0.3 is 9.47 Å². The highest BCUT2D eigenvalue weighted by Crippen LogP contribution is 2.28. The molecule has 0 N–H and O–H groups in total. The third-order valence-corrected chi connectivity index (χ3v) is 3.06. The molecule has 0 amide bonds. The number of hydrogen-bond donors (Lipinski definition) is 0. The van der Waals surface area contributed by atoms with Gasteiger partial charge in [-0.05, 0) is 17.8 Å². The summed E-state index contributed by atoms with van der Waals surface area (Å²) in [4.78, 5) is 11.8. The van der Waals surface area contributed by atoms with E-state index in [9.17, 15) is 4.79 Å². The van der Waals surface area contributed by atoms with E-state index in [-0.39, 0.29) is 5.41 Å². The molecule has 0 spiro atoms. The van der Waals surface area contributed by atoms with Gasteiger partial charge in [-0.2, -0.15) is 0 Å². The van der Waals surface area contributed by atoms with Gasteiger partial charge in [0.15, 0.2) is 6.29 Å². The first kappa shape index (κ1) is 17.9. The zero-order valence-electron chi connectivity index (χ0n) is 13.9. The van der Waals surface area contributed by atoms with Crippen LogP contribution < -0.4 is 0 Å². The van der Waals surface area contributed by atoms with Crippen LogP contribution in [-0.2, 0) is 20.1 Å². The minimum atomic E-state index is -1.30. The van der Waals surface area contributed by atoms with Gasteiger partial charge in [-0.25, -0.2) is 0 Å². The molecule has 0 bridgehead atoms. The molecule has 118 valence electrons. The fourth-order valence-electron chi connectivity index (χ4n) is 1.78. The Morgan fingerprint density at radius 2 is 1.71 bits per heavy atom. The lowest BCUT2D eigenvalue weighted by Gasteiger charge is -2.32.